The van der Waals surface area contributed by atoms with E-state index < -0.39 is 0 Å². The Morgan fingerprint density at radius 3 is 2.88 bits per heavy atom. The molecule has 2 nitrogen and oxygen atoms in total. The summed E-state index contributed by atoms with van der Waals surface area (Å²) in [5.41, 5.74) is 6.61. The summed E-state index contributed by atoms with van der Waals surface area (Å²) >= 11 is 0. The van der Waals surface area contributed by atoms with E-state index >= 15 is 0 Å². The van der Waals surface area contributed by atoms with E-state index in [1.807, 2.05) is 12.1 Å². The molecule has 0 spiro atoms. The zero-order chi connectivity index (χ0) is 12.3. The molecule has 1 saturated heterocycles. The predicted molar refractivity (Wildman–Crippen MR) is 68.2 cm³/mol. The van der Waals surface area contributed by atoms with Crippen LogP contribution in [0.15, 0.2) is 24.3 Å². The highest BCUT2D eigenvalue weighted by atomic mass is 19.1. The van der Waals surface area contributed by atoms with Crippen molar-refractivity contribution in [1.29, 1.82) is 0 Å². The van der Waals surface area contributed by atoms with Crippen LogP contribution < -0.4 is 5.73 Å². The summed E-state index contributed by atoms with van der Waals surface area (Å²) in [5, 5.41) is 0. The Morgan fingerprint density at radius 2 is 2.24 bits per heavy atom. The minimum atomic E-state index is -0.135. The van der Waals surface area contributed by atoms with Gasteiger partial charge in [-0.3, -0.25) is 4.90 Å². The van der Waals surface area contributed by atoms with Crippen molar-refractivity contribution < 1.29 is 4.39 Å². The molecule has 1 aromatic carbocycles. The lowest BCUT2D eigenvalue weighted by Gasteiger charge is -2.32. The number of hydrogen-bond donors (Lipinski definition) is 1. The number of halogens is 1. The van der Waals surface area contributed by atoms with Gasteiger partial charge in [-0.15, -0.1) is 0 Å². The standard InChI is InChI=1S/C14H21FN2/c1-2-11-6-5-9-17(11)14(10-16)12-7-3-4-8-13(12)15/h3-4,7-8,11,14H,2,5-6,9-10,16H2,1H3. The van der Waals surface area contributed by atoms with Gasteiger partial charge in [-0.05, 0) is 31.9 Å². The van der Waals surface area contributed by atoms with E-state index in [2.05, 4.69) is 11.8 Å². The first-order chi connectivity index (χ1) is 8.27. The maximum atomic E-state index is 13.8. The van der Waals surface area contributed by atoms with E-state index in [1.165, 1.54) is 18.9 Å². The Morgan fingerprint density at radius 1 is 1.47 bits per heavy atom. The van der Waals surface area contributed by atoms with Gasteiger partial charge in [-0.25, -0.2) is 4.39 Å². The van der Waals surface area contributed by atoms with Crippen molar-refractivity contribution in [1.82, 2.24) is 4.90 Å². The normalized spacial score (nSPS) is 22.9. The lowest BCUT2D eigenvalue weighted by atomic mass is 10.0. The van der Waals surface area contributed by atoms with Crippen molar-refractivity contribution >= 4 is 0 Å². The summed E-state index contributed by atoms with van der Waals surface area (Å²) in [5.74, 6) is -0.135. The molecule has 1 aromatic rings. The second-order valence-electron chi connectivity index (χ2n) is 4.72. The molecule has 2 atom stereocenters. The van der Waals surface area contributed by atoms with Gasteiger partial charge in [0.25, 0.3) is 0 Å². The van der Waals surface area contributed by atoms with E-state index in [4.69, 9.17) is 5.73 Å². The van der Waals surface area contributed by atoms with Gasteiger partial charge >= 0.3 is 0 Å². The summed E-state index contributed by atoms with van der Waals surface area (Å²) in [6.07, 6.45) is 3.52. The molecule has 1 fully saturated rings. The van der Waals surface area contributed by atoms with Crippen molar-refractivity contribution in [3.63, 3.8) is 0 Å². The molecule has 0 radical (unpaired) electrons. The molecule has 3 heteroatoms. The van der Waals surface area contributed by atoms with Crippen LogP contribution in [-0.2, 0) is 0 Å². The molecular weight excluding hydrogens is 215 g/mol. The van der Waals surface area contributed by atoms with Crippen molar-refractivity contribution in [2.24, 2.45) is 5.73 Å². The Kier molecular flexibility index (Phi) is 4.13. The Labute approximate surface area is 103 Å². The summed E-state index contributed by atoms with van der Waals surface area (Å²) in [6.45, 7) is 3.71. The zero-order valence-electron chi connectivity index (χ0n) is 10.4. The topological polar surface area (TPSA) is 29.3 Å². The fraction of sp³-hybridized carbons (Fsp3) is 0.571. The van der Waals surface area contributed by atoms with Crippen molar-refractivity contribution in [2.45, 2.75) is 38.3 Å². The third kappa shape index (κ3) is 2.50. The smallest absolute Gasteiger partial charge is 0.128 e. The van der Waals surface area contributed by atoms with Crippen molar-refractivity contribution in [3.05, 3.63) is 35.6 Å². The molecule has 0 saturated carbocycles. The lowest BCUT2D eigenvalue weighted by Crippen LogP contribution is -2.37. The van der Waals surface area contributed by atoms with Crippen LogP contribution >= 0.6 is 0 Å². The first-order valence-corrected chi connectivity index (χ1v) is 6.48. The molecule has 17 heavy (non-hydrogen) atoms. The molecule has 0 aromatic heterocycles. The van der Waals surface area contributed by atoms with Gasteiger partial charge in [0.1, 0.15) is 5.82 Å². The monoisotopic (exact) mass is 236 g/mol. The predicted octanol–water partition coefficient (Wildman–Crippen LogP) is 2.70. The fourth-order valence-corrected chi connectivity index (χ4v) is 2.89. The summed E-state index contributed by atoms with van der Waals surface area (Å²) < 4.78 is 13.8. The second-order valence-corrected chi connectivity index (χ2v) is 4.72. The van der Waals surface area contributed by atoms with Crippen LogP contribution in [0.1, 0.15) is 37.8 Å². The highest BCUT2D eigenvalue weighted by Gasteiger charge is 2.30. The van der Waals surface area contributed by atoms with E-state index in [0.29, 0.717) is 12.6 Å². The van der Waals surface area contributed by atoms with Crippen LogP contribution in [0.25, 0.3) is 0 Å². The van der Waals surface area contributed by atoms with E-state index in [9.17, 15) is 4.39 Å². The summed E-state index contributed by atoms with van der Waals surface area (Å²) in [4.78, 5) is 2.37. The quantitative estimate of drug-likeness (QED) is 0.871. The van der Waals surface area contributed by atoms with Crippen LogP contribution in [0.3, 0.4) is 0 Å². The van der Waals surface area contributed by atoms with Crippen LogP contribution in [0.2, 0.25) is 0 Å². The van der Waals surface area contributed by atoms with Crippen molar-refractivity contribution in [3.8, 4) is 0 Å². The molecule has 0 amide bonds. The molecular formula is C14H21FN2. The Balaban J connectivity index is 2.24. The SMILES string of the molecule is CCC1CCCN1C(CN)c1ccccc1F. The van der Waals surface area contributed by atoms with Crippen LogP contribution in [0.4, 0.5) is 4.39 Å². The highest BCUT2D eigenvalue weighted by Crippen LogP contribution is 2.31. The van der Waals surface area contributed by atoms with Gasteiger partial charge in [0, 0.05) is 18.2 Å². The highest BCUT2D eigenvalue weighted by molar-refractivity contribution is 5.22. The number of rotatable bonds is 4. The van der Waals surface area contributed by atoms with Gasteiger partial charge in [0.05, 0.1) is 6.04 Å². The Hall–Kier alpha value is -0.930. The number of nitrogens with two attached hydrogens (primary N) is 1. The van der Waals surface area contributed by atoms with E-state index in [0.717, 1.165) is 18.5 Å². The maximum absolute atomic E-state index is 13.8. The number of nitrogens with zero attached hydrogens (tertiary/aromatic N) is 1. The molecule has 1 heterocycles. The lowest BCUT2D eigenvalue weighted by molar-refractivity contribution is 0.177. The largest absolute Gasteiger partial charge is 0.329 e. The van der Waals surface area contributed by atoms with Crippen LogP contribution in [-0.4, -0.2) is 24.0 Å². The van der Waals surface area contributed by atoms with Gasteiger partial charge in [0.15, 0.2) is 0 Å². The summed E-state index contributed by atoms with van der Waals surface area (Å²) in [6, 6.07) is 7.59. The zero-order valence-corrected chi connectivity index (χ0v) is 10.4. The van der Waals surface area contributed by atoms with Crippen LogP contribution in [0.5, 0.6) is 0 Å². The third-order valence-corrected chi connectivity index (χ3v) is 3.78. The Bertz CT molecular complexity index is 367. The molecule has 1 aliphatic heterocycles. The molecule has 2 rings (SSSR count). The van der Waals surface area contributed by atoms with Gasteiger partial charge < -0.3 is 5.73 Å². The molecule has 1 aliphatic rings. The average molecular weight is 236 g/mol. The number of benzene rings is 1. The minimum Gasteiger partial charge on any atom is -0.329 e. The second kappa shape index (κ2) is 5.61. The number of hydrogen-bond acceptors (Lipinski definition) is 2. The van der Waals surface area contributed by atoms with Crippen LogP contribution in [0, 0.1) is 5.82 Å². The van der Waals surface area contributed by atoms with Crippen molar-refractivity contribution in [2.75, 3.05) is 13.1 Å². The first-order valence-electron chi connectivity index (χ1n) is 6.48. The molecule has 0 aliphatic carbocycles. The average Bonchev–Trinajstić information content (AvgIpc) is 2.81. The van der Waals surface area contributed by atoms with Gasteiger partial charge in [0.2, 0.25) is 0 Å². The maximum Gasteiger partial charge on any atom is 0.128 e. The van der Waals surface area contributed by atoms with E-state index in [1.54, 1.807) is 6.07 Å². The minimum absolute atomic E-state index is 0.0312. The third-order valence-electron chi connectivity index (χ3n) is 3.78. The molecule has 0 bridgehead atoms. The van der Waals surface area contributed by atoms with Gasteiger partial charge in [-0.1, -0.05) is 25.1 Å². The van der Waals surface area contributed by atoms with Gasteiger partial charge in [-0.2, -0.15) is 0 Å². The number of likely N-dealkylation sites (tertiary alicyclic amines) is 1. The molecule has 94 valence electrons. The molecule has 2 unspecified atom stereocenters. The van der Waals surface area contributed by atoms with E-state index in [-0.39, 0.29) is 11.9 Å². The summed E-state index contributed by atoms with van der Waals surface area (Å²) in [7, 11) is 0. The molecule has 2 N–H and O–H groups in total. The first kappa shape index (κ1) is 12.5. The fourth-order valence-electron chi connectivity index (χ4n) is 2.89.